The summed E-state index contributed by atoms with van der Waals surface area (Å²) in [5.41, 5.74) is 6.72. The van der Waals surface area contributed by atoms with Crippen molar-refractivity contribution in [2.75, 3.05) is 12.3 Å². The molecule has 5 nitrogen and oxygen atoms in total. The molecule has 0 saturated carbocycles. The highest BCUT2D eigenvalue weighted by molar-refractivity contribution is 7.98. The van der Waals surface area contributed by atoms with Gasteiger partial charge in [0, 0.05) is 11.0 Å². The zero-order valence-corrected chi connectivity index (χ0v) is 15.6. The average molecular weight is 395 g/mol. The Morgan fingerprint density at radius 1 is 1.35 bits per heavy atom. The lowest BCUT2D eigenvalue weighted by atomic mass is 10.2. The molecule has 0 fully saturated rings. The van der Waals surface area contributed by atoms with E-state index in [0.29, 0.717) is 31.4 Å². The number of rotatable bonds is 5. The average Bonchev–Trinajstić information content (AvgIpc) is 2.91. The second kappa shape index (κ2) is 7.55. The SMILES string of the molecule is CCOC(=O)c1sc2nc(CSc3ccc(F)cc3F)nc(N)c2c1C. The number of carbonyl (C=O) groups excluding carboxylic acids is 1. The largest absolute Gasteiger partial charge is 0.462 e. The quantitative estimate of drug-likeness (QED) is 0.512. The minimum Gasteiger partial charge on any atom is -0.462 e. The smallest absolute Gasteiger partial charge is 0.348 e. The first-order valence-corrected chi connectivity index (χ1v) is 9.51. The summed E-state index contributed by atoms with van der Waals surface area (Å²) in [6.45, 7) is 3.78. The number of nitrogens with zero attached hydrogens (tertiary/aromatic N) is 2. The molecule has 0 aliphatic heterocycles. The van der Waals surface area contributed by atoms with E-state index in [9.17, 15) is 13.6 Å². The Bertz CT molecular complexity index is 992. The summed E-state index contributed by atoms with van der Waals surface area (Å²) in [5.74, 6) is -0.768. The van der Waals surface area contributed by atoms with Crippen LogP contribution >= 0.6 is 23.1 Å². The van der Waals surface area contributed by atoms with E-state index in [1.165, 1.54) is 23.5 Å². The lowest BCUT2D eigenvalue weighted by Gasteiger charge is -2.05. The molecule has 0 saturated heterocycles. The van der Waals surface area contributed by atoms with Crippen molar-refractivity contribution in [2.45, 2.75) is 24.5 Å². The number of aryl methyl sites for hydroxylation is 1. The summed E-state index contributed by atoms with van der Waals surface area (Å²) in [6, 6.07) is 3.39. The van der Waals surface area contributed by atoms with E-state index in [4.69, 9.17) is 10.5 Å². The van der Waals surface area contributed by atoms with Gasteiger partial charge in [-0.15, -0.1) is 23.1 Å². The first-order valence-electron chi connectivity index (χ1n) is 7.71. The highest BCUT2D eigenvalue weighted by Crippen LogP contribution is 2.34. The number of carbonyl (C=O) groups is 1. The highest BCUT2D eigenvalue weighted by Gasteiger charge is 2.20. The molecule has 2 N–H and O–H groups in total. The number of fused-ring (bicyclic) bond motifs is 1. The van der Waals surface area contributed by atoms with Crippen LogP contribution < -0.4 is 5.73 Å². The molecular formula is C17H15F2N3O2S2. The predicted octanol–water partition coefficient (Wildman–Crippen LogP) is 4.33. The molecule has 0 radical (unpaired) electrons. The van der Waals surface area contributed by atoms with Crippen LogP contribution in [0.25, 0.3) is 10.2 Å². The first-order chi connectivity index (χ1) is 12.4. The van der Waals surface area contributed by atoms with E-state index in [1.54, 1.807) is 13.8 Å². The molecule has 0 aliphatic carbocycles. The number of hydrogen-bond donors (Lipinski definition) is 1. The van der Waals surface area contributed by atoms with Gasteiger partial charge < -0.3 is 10.5 Å². The summed E-state index contributed by atoms with van der Waals surface area (Å²) in [6.07, 6.45) is 0. The molecule has 26 heavy (non-hydrogen) atoms. The summed E-state index contributed by atoms with van der Waals surface area (Å²) in [7, 11) is 0. The summed E-state index contributed by atoms with van der Waals surface area (Å²) >= 11 is 2.33. The lowest BCUT2D eigenvalue weighted by Crippen LogP contribution is -2.04. The van der Waals surface area contributed by atoms with Crippen molar-refractivity contribution in [1.29, 1.82) is 0 Å². The second-order valence-corrected chi connectivity index (χ2v) is 7.36. The Kier molecular flexibility index (Phi) is 5.38. The van der Waals surface area contributed by atoms with Crippen LogP contribution in [-0.4, -0.2) is 22.5 Å². The Morgan fingerprint density at radius 2 is 2.12 bits per heavy atom. The molecule has 0 atom stereocenters. The van der Waals surface area contributed by atoms with E-state index >= 15 is 0 Å². The van der Waals surface area contributed by atoms with Crippen molar-refractivity contribution in [3.8, 4) is 0 Å². The normalized spacial score (nSPS) is 11.1. The molecule has 0 aliphatic rings. The van der Waals surface area contributed by atoms with Crippen LogP contribution in [0.3, 0.4) is 0 Å². The van der Waals surface area contributed by atoms with Crippen molar-refractivity contribution in [3.63, 3.8) is 0 Å². The third-order valence-electron chi connectivity index (χ3n) is 3.58. The summed E-state index contributed by atoms with van der Waals surface area (Å²) in [5, 5.41) is 0.625. The van der Waals surface area contributed by atoms with Crippen molar-refractivity contribution < 1.29 is 18.3 Å². The fourth-order valence-corrected chi connectivity index (χ4v) is 4.28. The van der Waals surface area contributed by atoms with Crippen molar-refractivity contribution in [3.05, 3.63) is 46.1 Å². The summed E-state index contributed by atoms with van der Waals surface area (Å²) in [4.78, 5) is 22.0. The maximum atomic E-state index is 13.7. The highest BCUT2D eigenvalue weighted by atomic mass is 32.2. The van der Waals surface area contributed by atoms with Gasteiger partial charge >= 0.3 is 5.97 Å². The molecule has 3 aromatic rings. The molecule has 2 aromatic heterocycles. The number of aromatic nitrogens is 2. The molecule has 1 aromatic carbocycles. The van der Waals surface area contributed by atoms with Gasteiger partial charge in [-0.1, -0.05) is 0 Å². The van der Waals surface area contributed by atoms with E-state index in [-0.39, 0.29) is 18.2 Å². The standard InChI is InChI=1S/C17H15F2N3O2S2/c1-3-24-17(23)14-8(2)13-15(20)21-12(22-16(13)26-14)7-25-11-5-4-9(18)6-10(11)19/h4-6H,3,7H2,1-2H3,(H2,20,21,22). The molecule has 136 valence electrons. The van der Waals surface area contributed by atoms with Crippen LogP contribution in [0.1, 0.15) is 28.0 Å². The minimum absolute atomic E-state index is 0.258. The van der Waals surface area contributed by atoms with Gasteiger partial charge in [-0.3, -0.25) is 0 Å². The van der Waals surface area contributed by atoms with Gasteiger partial charge in [0.15, 0.2) is 0 Å². The van der Waals surface area contributed by atoms with Gasteiger partial charge in [0.25, 0.3) is 0 Å². The molecule has 2 heterocycles. The van der Waals surface area contributed by atoms with Gasteiger partial charge in [0.2, 0.25) is 0 Å². The first kappa shape index (κ1) is 18.5. The number of ether oxygens (including phenoxy) is 1. The molecule has 3 rings (SSSR count). The van der Waals surface area contributed by atoms with Gasteiger partial charge in [-0.25, -0.2) is 23.5 Å². The van der Waals surface area contributed by atoms with Crippen LogP contribution in [0.2, 0.25) is 0 Å². The fourth-order valence-electron chi connectivity index (χ4n) is 2.41. The topological polar surface area (TPSA) is 78.1 Å². The third-order valence-corrected chi connectivity index (χ3v) is 5.79. The fraction of sp³-hybridized carbons (Fsp3) is 0.235. The van der Waals surface area contributed by atoms with Crippen molar-refractivity contribution >= 4 is 45.1 Å². The van der Waals surface area contributed by atoms with E-state index in [2.05, 4.69) is 9.97 Å². The summed E-state index contributed by atoms with van der Waals surface area (Å²) < 4.78 is 31.7. The monoisotopic (exact) mass is 395 g/mol. The third kappa shape index (κ3) is 3.63. The van der Waals surface area contributed by atoms with Gasteiger partial charge in [-0.05, 0) is 31.5 Å². The van der Waals surface area contributed by atoms with Gasteiger partial charge in [-0.2, -0.15) is 0 Å². The zero-order chi connectivity index (χ0) is 18.8. The molecule has 0 amide bonds. The number of nitrogen functional groups attached to an aromatic ring is 1. The maximum absolute atomic E-state index is 13.7. The number of thiophene rings is 1. The lowest BCUT2D eigenvalue weighted by molar-refractivity contribution is 0.0531. The van der Waals surface area contributed by atoms with Crippen molar-refractivity contribution in [2.24, 2.45) is 0 Å². The number of esters is 1. The molecule has 0 spiro atoms. The molecule has 0 bridgehead atoms. The number of nitrogens with two attached hydrogens (primary N) is 1. The predicted molar refractivity (Wildman–Crippen MR) is 98.4 cm³/mol. The number of halogens is 2. The number of hydrogen-bond acceptors (Lipinski definition) is 7. The number of thioether (sulfide) groups is 1. The van der Waals surface area contributed by atoms with Crippen LogP contribution in [0.5, 0.6) is 0 Å². The Hall–Kier alpha value is -2.26. The van der Waals surface area contributed by atoms with Gasteiger partial charge in [0.1, 0.15) is 33.0 Å². The van der Waals surface area contributed by atoms with Crippen LogP contribution in [0, 0.1) is 18.6 Å². The van der Waals surface area contributed by atoms with Crippen LogP contribution in [-0.2, 0) is 10.5 Å². The van der Waals surface area contributed by atoms with E-state index < -0.39 is 17.6 Å². The van der Waals surface area contributed by atoms with Crippen molar-refractivity contribution in [1.82, 2.24) is 9.97 Å². The van der Waals surface area contributed by atoms with Crippen LogP contribution in [0.4, 0.5) is 14.6 Å². The van der Waals surface area contributed by atoms with Crippen LogP contribution in [0.15, 0.2) is 23.1 Å². The maximum Gasteiger partial charge on any atom is 0.348 e. The van der Waals surface area contributed by atoms with Gasteiger partial charge in [0.05, 0.1) is 17.7 Å². The molecule has 9 heteroatoms. The molecule has 0 unspecified atom stereocenters. The zero-order valence-electron chi connectivity index (χ0n) is 14.0. The molecular weight excluding hydrogens is 380 g/mol. The Balaban J connectivity index is 1.89. The minimum atomic E-state index is -0.638. The Labute approximate surface area is 156 Å². The Morgan fingerprint density at radius 3 is 2.81 bits per heavy atom. The van der Waals surface area contributed by atoms with E-state index in [0.717, 1.165) is 17.8 Å². The second-order valence-electron chi connectivity index (χ2n) is 5.35. The number of anilines is 1. The number of benzene rings is 1. The van der Waals surface area contributed by atoms with E-state index in [1.807, 2.05) is 0 Å².